The zero-order valence-electron chi connectivity index (χ0n) is 11.8. The summed E-state index contributed by atoms with van der Waals surface area (Å²) in [4.78, 5) is 0. The molecule has 0 heterocycles. The Morgan fingerprint density at radius 2 is 1.56 bits per heavy atom. The van der Waals surface area contributed by atoms with Crippen molar-refractivity contribution >= 4 is 0 Å². The smallest absolute Gasteiger partial charge is 0.0414 e. The maximum absolute atomic E-state index is 2.42. The molecule has 0 nitrogen and oxygen atoms in total. The molecule has 0 aromatic heterocycles. The summed E-state index contributed by atoms with van der Waals surface area (Å²) in [7, 11) is 0. The van der Waals surface area contributed by atoms with Crippen molar-refractivity contribution in [3.8, 4) is 0 Å². The Balaban J connectivity index is 1.98. The van der Waals surface area contributed by atoms with E-state index in [1.165, 1.54) is 64.2 Å². The highest BCUT2D eigenvalue weighted by Gasteiger charge is 2.17. The van der Waals surface area contributed by atoms with Crippen LogP contribution < -0.4 is 0 Å². The van der Waals surface area contributed by atoms with E-state index in [0.29, 0.717) is 0 Å². The number of unbranched alkanes of at least 4 members (excludes halogenated alkanes) is 1. The molecule has 0 atom stereocenters. The van der Waals surface area contributed by atoms with E-state index in [4.69, 9.17) is 0 Å². The molecular formula is C16H32. The van der Waals surface area contributed by atoms with Crippen LogP contribution in [0.4, 0.5) is 0 Å². The third kappa shape index (κ3) is 5.37. The van der Waals surface area contributed by atoms with Gasteiger partial charge in [-0.05, 0) is 17.8 Å². The topological polar surface area (TPSA) is 0 Å². The van der Waals surface area contributed by atoms with Gasteiger partial charge in [-0.15, -0.1) is 0 Å². The van der Waals surface area contributed by atoms with E-state index in [1.807, 2.05) is 0 Å². The van der Waals surface area contributed by atoms with Crippen molar-refractivity contribution in [1.29, 1.82) is 0 Å². The first-order chi connectivity index (χ1) is 7.76. The second-order valence-corrected chi connectivity index (χ2v) is 6.09. The molecule has 0 bridgehead atoms. The fourth-order valence-corrected chi connectivity index (χ4v) is 3.18. The van der Waals surface area contributed by atoms with Gasteiger partial charge in [0.15, 0.2) is 0 Å². The summed E-state index contributed by atoms with van der Waals surface area (Å²) in [5.74, 6) is 3.10. The molecular weight excluding hydrogens is 192 g/mol. The molecule has 0 unspecified atom stereocenters. The number of rotatable bonds is 7. The summed E-state index contributed by atoms with van der Waals surface area (Å²) >= 11 is 0. The molecule has 1 fully saturated rings. The van der Waals surface area contributed by atoms with Crippen LogP contribution in [0.2, 0.25) is 0 Å². The van der Waals surface area contributed by atoms with Crippen molar-refractivity contribution in [2.75, 3.05) is 0 Å². The average Bonchev–Trinajstić information content (AvgIpc) is 2.32. The Morgan fingerprint density at radius 1 is 0.938 bits per heavy atom. The van der Waals surface area contributed by atoms with Gasteiger partial charge in [0.25, 0.3) is 0 Å². The zero-order valence-corrected chi connectivity index (χ0v) is 11.8. The van der Waals surface area contributed by atoms with E-state index in [9.17, 15) is 0 Å². The first-order valence-electron chi connectivity index (χ1n) is 7.76. The fourth-order valence-electron chi connectivity index (χ4n) is 3.18. The highest BCUT2D eigenvalue weighted by atomic mass is 14.2. The molecule has 0 amide bonds. The first kappa shape index (κ1) is 14.1. The predicted octanol–water partition coefficient (Wildman–Crippen LogP) is 5.81. The van der Waals surface area contributed by atoms with E-state index >= 15 is 0 Å². The van der Waals surface area contributed by atoms with Gasteiger partial charge in [0, 0.05) is 0 Å². The lowest BCUT2D eigenvalue weighted by Gasteiger charge is -2.26. The average molecular weight is 224 g/mol. The second kappa shape index (κ2) is 8.14. The number of hydrogen-bond donors (Lipinski definition) is 0. The minimum atomic E-state index is 1.01. The van der Waals surface area contributed by atoms with Crippen LogP contribution in [0, 0.1) is 17.8 Å². The molecule has 1 aliphatic carbocycles. The van der Waals surface area contributed by atoms with Gasteiger partial charge < -0.3 is 0 Å². The molecule has 0 saturated heterocycles. The highest BCUT2D eigenvalue weighted by Crippen LogP contribution is 2.31. The predicted molar refractivity (Wildman–Crippen MR) is 73.7 cm³/mol. The van der Waals surface area contributed by atoms with Crippen molar-refractivity contribution in [2.45, 2.75) is 85.0 Å². The van der Waals surface area contributed by atoms with Crippen molar-refractivity contribution in [1.82, 2.24) is 0 Å². The lowest BCUT2D eigenvalue weighted by Crippen LogP contribution is -2.12. The molecule has 0 aromatic rings. The Bertz CT molecular complexity index is 149. The van der Waals surface area contributed by atoms with Crippen LogP contribution in [0.3, 0.4) is 0 Å². The summed E-state index contributed by atoms with van der Waals surface area (Å²) in [5, 5.41) is 0. The van der Waals surface area contributed by atoms with Gasteiger partial charge in [0.05, 0.1) is 0 Å². The standard InChI is InChI=1S/C16H32/c1-4-15(5-2)8-6-7-9-16-12-10-14(3)11-13-16/h14-16H,4-13H2,1-3H3. The van der Waals surface area contributed by atoms with Crippen molar-refractivity contribution in [2.24, 2.45) is 17.8 Å². The zero-order chi connectivity index (χ0) is 11.8. The van der Waals surface area contributed by atoms with Crippen LogP contribution in [0.5, 0.6) is 0 Å². The Kier molecular flexibility index (Phi) is 7.16. The van der Waals surface area contributed by atoms with Gasteiger partial charge in [-0.2, -0.15) is 0 Å². The van der Waals surface area contributed by atoms with E-state index in [1.54, 1.807) is 0 Å². The van der Waals surface area contributed by atoms with Crippen LogP contribution in [-0.2, 0) is 0 Å². The summed E-state index contributed by atoms with van der Waals surface area (Å²) in [6.45, 7) is 7.11. The third-order valence-electron chi connectivity index (χ3n) is 4.76. The lowest BCUT2D eigenvalue weighted by atomic mass is 9.80. The second-order valence-electron chi connectivity index (χ2n) is 6.09. The minimum absolute atomic E-state index is 1.01. The molecule has 1 aliphatic rings. The van der Waals surface area contributed by atoms with Crippen LogP contribution >= 0.6 is 0 Å². The van der Waals surface area contributed by atoms with Crippen LogP contribution in [0.15, 0.2) is 0 Å². The van der Waals surface area contributed by atoms with Crippen molar-refractivity contribution in [3.63, 3.8) is 0 Å². The van der Waals surface area contributed by atoms with Gasteiger partial charge in [-0.1, -0.05) is 85.0 Å². The third-order valence-corrected chi connectivity index (χ3v) is 4.76. The first-order valence-corrected chi connectivity index (χ1v) is 7.76. The Hall–Kier alpha value is 0. The lowest BCUT2D eigenvalue weighted by molar-refractivity contribution is 0.269. The van der Waals surface area contributed by atoms with Gasteiger partial charge in [0.2, 0.25) is 0 Å². The monoisotopic (exact) mass is 224 g/mol. The molecule has 0 radical (unpaired) electrons. The van der Waals surface area contributed by atoms with Gasteiger partial charge in [-0.25, -0.2) is 0 Å². The highest BCUT2D eigenvalue weighted by molar-refractivity contribution is 4.70. The minimum Gasteiger partial charge on any atom is -0.0651 e. The van der Waals surface area contributed by atoms with Gasteiger partial charge in [-0.3, -0.25) is 0 Å². The Morgan fingerprint density at radius 3 is 2.12 bits per heavy atom. The maximum atomic E-state index is 2.42. The van der Waals surface area contributed by atoms with Gasteiger partial charge >= 0.3 is 0 Å². The summed E-state index contributed by atoms with van der Waals surface area (Å²) < 4.78 is 0. The van der Waals surface area contributed by atoms with E-state index in [-0.39, 0.29) is 0 Å². The van der Waals surface area contributed by atoms with Crippen LogP contribution in [0.25, 0.3) is 0 Å². The molecule has 16 heavy (non-hydrogen) atoms. The molecule has 0 spiro atoms. The Labute approximate surface area is 103 Å². The van der Waals surface area contributed by atoms with E-state index in [0.717, 1.165) is 17.8 Å². The SMILES string of the molecule is CCC(CC)CCCCC1CCC(C)CC1. The molecule has 0 aromatic carbocycles. The number of hydrogen-bond acceptors (Lipinski definition) is 0. The molecule has 0 aliphatic heterocycles. The van der Waals surface area contributed by atoms with Crippen molar-refractivity contribution in [3.05, 3.63) is 0 Å². The molecule has 0 N–H and O–H groups in total. The largest absolute Gasteiger partial charge is 0.0651 e. The summed E-state index contributed by atoms with van der Waals surface area (Å²) in [6.07, 6.45) is 14.8. The molecule has 0 heteroatoms. The molecule has 1 saturated carbocycles. The molecule has 1 rings (SSSR count). The van der Waals surface area contributed by atoms with E-state index < -0.39 is 0 Å². The summed E-state index contributed by atoms with van der Waals surface area (Å²) in [5.41, 5.74) is 0. The fraction of sp³-hybridized carbons (Fsp3) is 1.00. The summed E-state index contributed by atoms with van der Waals surface area (Å²) in [6, 6.07) is 0. The molecule has 96 valence electrons. The maximum Gasteiger partial charge on any atom is -0.0414 e. The van der Waals surface area contributed by atoms with Crippen LogP contribution in [0.1, 0.15) is 85.0 Å². The van der Waals surface area contributed by atoms with Gasteiger partial charge in [0.1, 0.15) is 0 Å². The quantitative estimate of drug-likeness (QED) is 0.479. The normalized spacial score (nSPS) is 26.2. The van der Waals surface area contributed by atoms with Crippen LogP contribution in [-0.4, -0.2) is 0 Å². The van der Waals surface area contributed by atoms with Crippen molar-refractivity contribution < 1.29 is 0 Å². The van der Waals surface area contributed by atoms with E-state index in [2.05, 4.69) is 20.8 Å².